The van der Waals surface area contributed by atoms with E-state index in [1.54, 1.807) is 0 Å². The molecule has 1 aliphatic rings. The molecule has 0 atom stereocenters. The van der Waals surface area contributed by atoms with Crippen LogP contribution in [0.5, 0.6) is 0 Å². The van der Waals surface area contributed by atoms with Crippen molar-refractivity contribution in [2.24, 2.45) is 0 Å². The van der Waals surface area contributed by atoms with Crippen LogP contribution in [0.15, 0.2) is 0 Å². The smallest absolute Gasteiger partial charge is 0.257 e. The maximum absolute atomic E-state index is 6.13. The Morgan fingerprint density at radius 2 is 0.933 bits per heavy atom. The first kappa shape index (κ1) is 27.7. The first-order chi connectivity index (χ1) is 14.7. The van der Waals surface area contributed by atoms with E-state index in [9.17, 15) is 0 Å². The lowest BCUT2D eigenvalue weighted by atomic mass is 9.89. The van der Waals surface area contributed by atoms with Gasteiger partial charge in [-0.3, -0.25) is 0 Å². The second-order valence-electron chi connectivity index (χ2n) is 9.79. The van der Waals surface area contributed by atoms with Crippen molar-refractivity contribution >= 4 is 17.4 Å². The zero-order chi connectivity index (χ0) is 21.8. The molecule has 1 rings (SSSR count). The van der Waals surface area contributed by atoms with Gasteiger partial charge in [0.05, 0.1) is 6.54 Å². The minimum atomic E-state index is -0.00259. The Kier molecular flexibility index (Phi) is 17.9. The van der Waals surface area contributed by atoms with Gasteiger partial charge in [-0.2, -0.15) is 0 Å². The van der Waals surface area contributed by atoms with Gasteiger partial charge in [0.1, 0.15) is 5.60 Å². The summed E-state index contributed by atoms with van der Waals surface area (Å²) in [6, 6.07) is 0. The molecule has 0 aromatic heterocycles. The lowest BCUT2D eigenvalue weighted by molar-refractivity contribution is 0.0701. The van der Waals surface area contributed by atoms with Crippen LogP contribution in [-0.2, 0) is 4.74 Å². The van der Waals surface area contributed by atoms with E-state index < -0.39 is 0 Å². The summed E-state index contributed by atoms with van der Waals surface area (Å²) < 4.78 is 6.13. The van der Waals surface area contributed by atoms with E-state index in [0.29, 0.717) is 5.17 Å². The first-order valence-electron chi connectivity index (χ1n) is 13.7. The Hall–Kier alpha value is -0.310. The van der Waals surface area contributed by atoms with Crippen molar-refractivity contribution in [1.82, 2.24) is 5.32 Å². The Morgan fingerprint density at radius 3 is 1.23 bits per heavy atom. The highest BCUT2D eigenvalue weighted by atomic mass is 32.1. The summed E-state index contributed by atoms with van der Waals surface area (Å²) in [5.41, 5.74) is -0.00259. The summed E-state index contributed by atoms with van der Waals surface area (Å²) >= 11 is 5.29. The monoisotopic (exact) mass is 439 g/mol. The van der Waals surface area contributed by atoms with E-state index in [0.717, 1.165) is 6.54 Å². The molecule has 0 unspecified atom stereocenters. The highest BCUT2D eigenvalue weighted by Gasteiger charge is 2.37. The molecular weight excluding hydrogens is 386 g/mol. The standard InChI is InChI=1S/C27H53NOS/c1-3-5-7-9-11-13-15-17-19-21-23-27(25-28-26(30)29-27)24-22-20-18-16-14-12-10-8-6-4-2/h3-25H2,1-2H3,(H,28,30). The molecule has 0 bridgehead atoms. The van der Waals surface area contributed by atoms with Gasteiger partial charge in [-0.05, 0) is 37.9 Å². The van der Waals surface area contributed by atoms with Crippen LogP contribution in [0.1, 0.15) is 155 Å². The Labute approximate surface area is 194 Å². The lowest BCUT2D eigenvalue weighted by Gasteiger charge is -2.27. The summed E-state index contributed by atoms with van der Waals surface area (Å²) in [4.78, 5) is 0. The zero-order valence-corrected chi connectivity index (χ0v) is 21.4. The molecule has 0 amide bonds. The average Bonchev–Trinajstić information content (AvgIpc) is 3.11. The van der Waals surface area contributed by atoms with Crippen molar-refractivity contribution in [3.05, 3.63) is 0 Å². The van der Waals surface area contributed by atoms with Gasteiger partial charge in [0.15, 0.2) is 0 Å². The number of nitrogens with one attached hydrogen (secondary N) is 1. The van der Waals surface area contributed by atoms with Gasteiger partial charge in [0.25, 0.3) is 5.17 Å². The van der Waals surface area contributed by atoms with Gasteiger partial charge < -0.3 is 10.1 Å². The summed E-state index contributed by atoms with van der Waals surface area (Å²) in [7, 11) is 0. The summed E-state index contributed by atoms with van der Waals surface area (Å²) in [6.07, 6.45) is 30.2. The number of thiocarbonyl (C=S) groups is 1. The van der Waals surface area contributed by atoms with Gasteiger partial charge in [-0.1, -0.05) is 129 Å². The lowest BCUT2D eigenvalue weighted by Crippen LogP contribution is -2.33. The largest absolute Gasteiger partial charge is 0.463 e. The summed E-state index contributed by atoms with van der Waals surface area (Å²) in [5.74, 6) is 0. The molecule has 0 aromatic rings. The third kappa shape index (κ3) is 14.7. The third-order valence-corrected chi connectivity index (χ3v) is 7.06. The van der Waals surface area contributed by atoms with Gasteiger partial charge in [-0.25, -0.2) is 0 Å². The molecule has 0 aromatic carbocycles. The van der Waals surface area contributed by atoms with Crippen LogP contribution in [0.3, 0.4) is 0 Å². The minimum absolute atomic E-state index is 0.00259. The molecular formula is C27H53NOS. The van der Waals surface area contributed by atoms with E-state index in [4.69, 9.17) is 17.0 Å². The number of hydrogen-bond donors (Lipinski definition) is 1. The molecule has 1 aliphatic heterocycles. The molecule has 0 aliphatic carbocycles. The Morgan fingerprint density at radius 1 is 0.600 bits per heavy atom. The summed E-state index contributed by atoms with van der Waals surface area (Å²) in [6.45, 7) is 5.51. The van der Waals surface area contributed by atoms with Gasteiger partial charge >= 0.3 is 0 Å². The minimum Gasteiger partial charge on any atom is -0.463 e. The molecule has 178 valence electrons. The predicted octanol–water partition coefficient (Wildman–Crippen LogP) is 9.25. The van der Waals surface area contributed by atoms with E-state index in [2.05, 4.69) is 19.2 Å². The van der Waals surface area contributed by atoms with Crippen molar-refractivity contribution < 1.29 is 4.74 Å². The molecule has 0 radical (unpaired) electrons. The molecule has 3 heteroatoms. The zero-order valence-electron chi connectivity index (χ0n) is 20.6. The predicted molar refractivity (Wildman–Crippen MR) is 137 cm³/mol. The van der Waals surface area contributed by atoms with Crippen molar-refractivity contribution in [2.75, 3.05) is 6.54 Å². The van der Waals surface area contributed by atoms with Gasteiger partial charge in [0.2, 0.25) is 0 Å². The van der Waals surface area contributed by atoms with Gasteiger partial charge in [0, 0.05) is 0 Å². The van der Waals surface area contributed by atoms with Crippen LogP contribution in [0.25, 0.3) is 0 Å². The Bertz CT molecular complexity index is 374. The number of rotatable bonds is 22. The van der Waals surface area contributed by atoms with Crippen LogP contribution >= 0.6 is 12.2 Å². The highest BCUT2D eigenvalue weighted by molar-refractivity contribution is 7.80. The SMILES string of the molecule is CCCCCCCCCCCCC1(CCCCCCCCCCCC)CNC(=S)O1. The van der Waals surface area contributed by atoms with Crippen LogP contribution in [0, 0.1) is 0 Å². The molecule has 1 fully saturated rings. The quantitative estimate of drug-likeness (QED) is 0.134. The summed E-state index contributed by atoms with van der Waals surface area (Å²) in [5, 5.41) is 3.92. The van der Waals surface area contributed by atoms with E-state index in [-0.39, 0.29) is 5.60 Å². The molecule has 1 N–H and O–H groups in total. The van der Waals surface area contributed by atoms with Crippen molar-refractivity contribution in [1.29, 1.82) is 0 Å². The molecule has 30 heavy (non-hydrogen) atoms. The maximum Gasteiger partial charge on any atom is 0.257 e. The highest BCUT2D eigenvalue weighted by Crippen LogP contribution is 2.30. The second kappa shape index (κ2) is 19.4. The van der Waals surface area contributed by atoms with Crippen molar-refractivity contribution in [3.63, 3.8) is 0 Å². The van der Waals surface area contributed by atoms with Crippen LogP contribution in [0.4, 0.5) is 0 Å². The van der Waals surface area contributed by atoms with Crippen LogP contribution in [-0.4, -0.2) is 17.3 Å². The topological polar surface area (TPSA) is 21.3 Å². The second-order valence-corrected chi connectivity index (χ2v) is 10.2. The average molecular weight is 440 g/mol. The first-order valence-corrected chi connectivity index (χ1v) is 14.1. The Balaban J connectivity index is 2.03. The fourth-order valence-electron chi connectivity index (χ4n) is 4.78. The molecule has 1 saturated heterocycles. The number of unbranched alkanes of at least 4 members (excludes halogenated alkanes) is 18. The number of ether oxygens (including phenoxy) is 1. The number of hydrogen-bond acceptors (Lipinski definition) is 2. The molecule has 0 spiro atoms. The normalized spacial score (nSPS) is 15.3. The van der Waals surface area contributed by atoms with E-state index in [1.807, 2.05) is 0 Å². The van der Waals surface area contributed by atoms with Crippen LogP contribution < -0.4 is 5.32 Å². The van der Waals surface area contributed by atoms with Crippen molar-refractivity contribution in [3.8, 4) is 0 Å². The maximum atomic E-state index is 6.13. The third-order valence-electron chi connectivity index (χ3n) is 6.84. The fourth-order valence-corrected chi connectivity index (χ4v) is 5.02. The van der Waals surface area contributed by atoms with Crippen LogP contribution in [0.2, 0.25) is 0 Å². The molecule has 1 heterocycles. The van der Waals surface area contributed by atoms with E-state index in [1.165, 1.54) is 141 Å². The molecule has 0 saturated carbocycles. The van der Waals surface area contributed by atoms with E-state index >= 15 is 0 Å². The molecule has 2 nitrogen and oxygen atoms in total. The van der Waals surface area contributed by atoms with Crippen molar-refractivity contribution in [2.45, 2.75) is 161 Å². The van der Waals surface area contributed by atoms with Gasteiger partial charge in [-0.15, -0.1) is 0 Å². The fraction of sp³-hybridized carbons (Fsp3) is 0.963.